The fraction of sp³-hybridized carbons (Fsp3) is 0.409. The van der Waals surface area contributed by atoms with Gasteiger partial charge in [0.15, 0.2) is 0 Å². The molecule has 0 fully saturated rings. The summed E-state index contributed by atoms with van der Waals surface area (Å²) in [5, 5.41) is 2.96. The molecule has 2 rings (SSSR count). The van der Waals surface area contributed by atoms with Gasteiger partial charge in [-0.25, -0.2) is 8.42 Å². The number of hydrogen-bond donors (Lipinski definition) is 1. The highest BCUT2D eigenvalue weighted by Gasteiger charge is 2.22. The van der Waals surface area contributed by atoms with Crippen molar-refractivity contribution >= 4 is 21.6 Å². The third-order valence-electron chi connectivity index (χ3n) is 4.88. The van der Waals surface area contributed by atoms with Gasteiger partial charge in [-0.3, -0.25) is 9.10 Å². The van der Waals surface area contributed by atoms with Crippen LogP contribution in [0.25, 0.3) is 0 Å². The predicted octanol–water partition coefficient (Wildman–Crippen LogP) is 3.60. The van der Waals surface area contributed by atoms with Crippen molar-refractivity contribution in [1.82, 2.24) is 5.32 Å². The van der Waals surface area contributed by atoms with Crippen LogP contribution in [0, 0.1) is 6.92 Å². The standard InChI is InChI=1S/C22H30N2O4S/c1-6-17-8-11-19(12-9-17)24(29(5,26)27)15-22(25)23-20(7-2)18-10-13-21(28-4)16(3)14-18/h8-14,20H,6-7,15H2,1-5H3,(H,23,25)/t20-/m0/s1. The van der Waals surface area contributed by atoms with E-state index in [0.717, 1.165) is 39.4 Å². The molecule has 0 aliphatic rings. The number of rotatable bonds is 9. The molecule has 6 nitrogen and oxygen atoms in total. The number of aryl methyl sites for hydroxylation is 2. The summed E-state index contributed by atoms with van der Waals surface area (Å²) in [6, 6.07) is 12.8. The average molecular weight is 419 g/mol. The number of hydrogen-bond acceptors (Lipinski definition) is 4. The minimum atomic E-state index is -3.60. The Balaban J connectivity index is 2.18. The largest absolute Gasteiger partial charge is 0.496 e. The summed E-state index contributed by atoms with van der Waals surface area (Å²) in [7, 11) is -1.98. The van der Waals surface area contributed by atoms with Gasteiger partial charge in [0.05, 0.1) is 25.1 Å². The maximum Gasteiger partial charge on any atom is 0.241 e. The predicted molar refractivity (Wildman–Crippen MR) is 117 cm³/mol. The molecule has 0 radical (unpaired) electrons. The molecular formula is C22H30N2O4S. The SMILES string of the molecule is CCc1ccc(N(CC(=O)N[C@@H](CC)c2ccc(OC)c(C)c2)S(C)(=O)=O)cc1. The molecule has 1 amide bonds. The van der Waals surface area contributed by atoms with E-state index in [0.29, 0.717) is 12.1 Å². The Morgan fingerprint density at radius 1 is 1.14 bits per heavy atom. The number of anilines is 1. The topological polar surface area (TPSA) is 75.7 Å². The number of nitrogens with zero attached hydrogens (tertiary/aromatic N) is 1. The Morgan fingerprint density at radius 2 is 1.79 bits per heavy atom. The van der Waals surface area contributed by atoms with Crippen LogP contribution in [0.2, 0.25) is 0 Å². The highest BCUT2D eigenvalue weighted by Crippen LogP contribution is 2.24. The maximum absolute atomic E-state index is 12.7. The molecule has 158 valence electrons. The lowest BCUT2D eigenvalue weighted by Gasteiger charge is -2.24. The van der Waals surface area contributed by atoms with Crippen LogP contribution in [0.4, 0.5) is 5.69 Å². The quantitative estimate of drug-likeness (QED) is 0.675. The summed E-state index contributed by atoms with van der Waals surface area (Å²) < 4.78 is 31.0. The third kappa shape index (κ3) is 5.97. The zero-order valence-corrected chi connectivity index (χ0v) is 18.5. The van der Waals surface area contributed by atoms with Gasteiger partial charge in [-0.1, -0.05) is 38.1 Å². The Morgan fingerprint density at radius 3 is 2.28 bits per heavy atom. The summed E-state index contributed by atoms with van der Waals surface area (Å²) in [4.78, 5) is 12.7. The molecule has 2 aromatic rings. The van der Waals surface area contributed by atoms with Crippen LogP contribution >= 0.6 is 0 Å². The molecule has 0 aliphatic carbocycles. The van der Waals surface area contributed by atoms with E-state index >= 15 is 0 Å². The molecule has 0 unspecified atom stereocenters. The van der Waals surface area contributed by atoms with Crippen molar-refractivity contribution in [3.05, 3.63) is 59.2 Å². The van der Waals surface area contributed by atoms with Crippen molar-refractivity contribution in [1.29, 1.82) is 0 Å². The second-order valence-corrected chi connectivity index (χ2v) is 8.95. The zero-order valence-electron chi connectivity index (χ0n) is 17.7. The molecule has 0 heterocycles. The van der Waals surface area contributed by atoms with Crippen molar-refractivity contribution in [3.8, 4) is 5.75 Å². The first-order chi connectivity index (χ1) is 13.7. The van der Waals surface area contributed by atoms with Crippen LogP contribution in [0.3, 0.4) is 0 Å². The lowest BCUT2D eigenvalue weighted by Crippen LogP contribution is -2.41. The molecule has 0 saturated heterocycles. The monoisotopic (exact) mass is 418 g/mol. The Bertz CT molecular complexity index is 940. The molecule has 29 heavy (non-hydrogen) atoms. The first-order valence-corrected chi connectivity index (χ1v) is 11.5. The van der Waals surface area contributed by atoms with Crippen molar-refractivity contribution < 1.29 is 17.9 Å². The highest BCUT2D eigenvalue weighted by molar-refractivity contribution is 7.92. The molecule has 1 N–H and O–H groups in total. The first kappa shape index (κ1) is 22.7. The van der Waals surface area contributed by atoms with E-state index in [4.69, 9.17) is 4.74 Å². The molecule has 0 aliphatic heterocycles. The molecule has 1 atom stereocenters. The number of methoxy groups -OCH3 is 1. The molecular weight excluding hydrogens is 388 g/mol. The van der Waals surface area contributed by atoms with Gasteiger partial charge in [0.2, 0.25) is 15.9 Å². The maximum atomic E-state index is 12.7. The van der Waals surface area contributed by atoms with E-state index in [1.54, 1.807) is 19.2 Å². The molecule has 0 aromatic heterocycles. The summed E-state index contributed by atoms with van der Waals surface area (Å²) in [6.07, 6.45) is 2.65. The zero-order chi connectivity index (χ0) is 21.6. The smallest absolute Gasteiger partial charge is 0.241 e. The van der Waals surface area contributed by atoms with E-state index in [1.807, 2.05) is 51.1 Å². The van der Waals surface area contributed by atoms with Gasteiger partial charge in [0.25, 0.3) is 0 Å². The van der Waals surface area contributed by atoms with Crippen molar-refractivity contribution in [3.63, 3.8) is 0 Å². The van der Waals surface area contributed by atoms with E-state index < -0.39 is 10.0 Å². The molecule has 2 aromatic carbocycles. The lowest BCUT2D eigenvalue weighted by atomic mass is 10.0. The highest BCUT2D eigenvalue weighted by atomic mass is 32.2. The van der Waals surface area contributed by atoms with Gasteiger partial charge < -0.3 is 10.1 Å². The number of benzene rings is 2. The van der Waals surface area contributed by atoms with Gasteiger partial charge in [0, 0.05) is 0 Å². The number of carbonyl (C=O) groups excluding carboxylic acids is 1. The average Bonchev–Trinajstić information content (AvgIpc) is 2.69. The van der Waals surface area contributed by atoms with Gasteiger partial charge in [-0.15, -0.1) is 0 Å². The summed E-state index contributed by atoms with van der Waals surface area (Å²) >= 11 is 0. The molecule has 0 saturated carbocycles. The molecule has 0 bridgehead atoms. The number of amides is 1. The van der Waals surface area contributed by atoms with Crippen molar-refractivity contribution in [2.75, 3.05) is 24.2 Å². The van der Waals surface area contributed by atoms with E-state index in [9.17, 15) is 13.2 Å². The number of sulfonamides is 1. The van der Waals surface area contributed by atoms with Crippen LogP contribution in [-0.2, 0) is 21.2 Å². The molecule has 7 heteroatoms. The van der Waals surface area contributed by atoms with Crippen LogP contribution < -0.4 is 14.4 Å². The summed E-state index contributed by atoms with van der Waals surface area (Å²) in [6.45, 7) is 5.68. The second-order valence-electron chi connectivity index (χ2n) is 7.05. The molecule has 0 spiro atoms. The van der Waals surface area contributed by atoms with Crippen LogP contribution in [0.5, 0.6) is 5.75 Å². The summed E-state index contributed by atoms with van der Waals surface area (Å²) in [5.74, 6) is 0.434. The minimum Gasteiger partial charge on any atom is -0.496 e. The number of nitrogens with one attached hydrogen (secondary N) is 1. The first-order valence-electron chi connectivity index (χ1n) is 9.70. The van der Waals surface area contributed by atoms with E-state index in [1.165, 1.54) is 0 Å². The fourth-order valence-electron chi connectivity index (χ4n) is 3.21. The van der Waals surface area contributed by atoms with Crippen molar-refractivity contribution in [2.45, 2.75) is 39.7 Å². The van der Waals surface area contributed by atoms with Crippen LogP contribution in [0.1, 0.15) is 43.0 Å². The van der Waals surface area contributed by atoms with Gasteiger partial charge in [-0.05, 0) is 54.7 Å². The van der Waals surface area contributed by atoms with Gasteiger partial charge >= 0.3 is 0 Å². The number of ether oxygens (including phenoxy) is 1. The van der Waals surface area contributed by atoms with E-state index in [2.05, 4.69) is 5.32 Å². The fourth-order valence-corrected chi connectivity index (χ4v) is 4.06. The van der Waals surface area contributed by atoms with Gasteiger partial charge in [-0.2, -0.15) is 0 Å². The summed E-state index contributed by atoms with van der Waals surface area (Å²) in [5.41, 5.74) is 3.52. The second kappa shape index (κ2) is 9.78. The minimum absolute atomic E-state index is 0.212. The van der Waals surface area contributed by atoms with Crippen LogP contribution in [0.15, 0.2) is 42.5 Å². The lowest BCUT2D eigenvalue weighted by molar-refractivity contribution is -0.120. The third-order valence-corrected chi connectivity index (χ3v) is 6.03. The Labute approximate surface area is 173 Å². The van der Waals surface area contributed by atoms with E-state index in [-0.39, 0.29) is 18.5 Å². The van der Waals surface area contributed by atoms with Crippen LogP contribution in [-0.4, -0.2) is 34.2 Å². The Hall–Kier alpha value is -2.54. The van der Waals surface area contributed by atoms with Gasteiger partial charge in [0.1, 0.15) is 12.3 Å². The Kier molecular flexibility index (Phi) is 7.67. The number of carbonyl (C=O) groups is 1. The normalized spacial score (nSPS) is 12.3. The van der Waals surface area contributed by atoms with Crippen molar-refractivity contribution in [2.24, 2.45) is 0 Å².